The van der Waals surface area contributed by atoms with Crippen LogP contribution in [0.5, 0.6) is 0 Å². The first-order valence-corrected chi connectivity index (χ1v) is 5.65. The fourth-order valence-electron chi connectivity index (χ4n) is 1.71. The zero-order valence-electron chi connectivity index (χ0n) is 7.59. The minimum Gasteiger partial charge on any atom is -0.324 e. The Morgan fingerprint density at radius 1 is 1.36 bits per heavy atom. The maximum absolute atomic E-state index is 13.4. The van der Waals surface area contributed by atoms with Gasteiger partial charge in [0, 0.05) is 23.4 Å². The third-order valence-electron chi connectivity index (χ3n) is 2.38. The molecule has 0 fully saturated rings. The van der Waals surface area contributed by atoms with Crippen molar-refractivity contribution in [2.24, 2.45) is 5.73 Å². The first-order valence-electron chi connectivity index (χ1n) is 4.49. The summed E-state index contributed by atoms with van der Waals surface area (Å²) in [6.07, 6.45) is 0.750. The quantitative estimate of drug-likeness (QED) is 0.720. The third-order valence-corrected chi connectivity index (χ3v) is 3.42. The summed E-state index contributed by atoms with van der Waals surface area (Å²) in [6, 6.07) is 2.01. The Bertz CT molecular complexity index is 354. The molecule has 0 aromatic heterocycles. The van der Waals surface area contributed by atoms with Gasteiger partial charge >= 0.3 is 0 Å². The molecule has 0 spiro atoms. The van der Waals surface area contributed by atoms with Crippen molar-refractivity contribution in [3.8, 4) is 0 Å². The van der Waals surface area contributed by atoms with Crippen LogP contribution in [0.15, 0.2) is 12.1 Å². The minimum atomic E-state index is -0.518. The molecule has 14 heavy (non-hydrogen) atoms. The predicted molar refractivity (Wildman–Crippen MR) is 54.1 cm³/mol. The Hall–Kier alpha value is -0.610. The molecule has 1 aromatic carbocycles. The highest BCUT2D eigenvalue weighted by Crippen LogP contribution is 2.31. The van der Waals surface area contributed by atoms with Gasteiger partial charge in [0.05, 0.1) is 0 Å². The molecule has 2 N–H and O–H groups in total. The fourth-order valence-corrected chi connectivity index (χ4v) is 2.73. The van der Waals surface area contributed by atoms with Gasteiger partial charge in [-0.05, 0) is 23.8 Å². The van der Waals surface area contributed by atoms with Gasteiger partial charge in [-0.3, -0.25) is 0 Å². The lowest BCUT2D eigenvalue weighted by Crippen LogP contribution is -2.13. The van der Waals surface area contributed by atoms with Gasteiger partial charge in [-0.25, -0.2) is 8.78 Å². The average Bonchev–Trinajstić information content (AvgIpc) is 2.27. The molecule has 1 aliphatic rings. The molecule has 2 rings (SSSR count). The molecule has 4 heteroatoms. The van der Waals surface area contributed by atoms with E-state index in [1.54, 1.807) is 11.8 Å². The average molecular weight is 215 g/mol. The molecular weight excluding hydrogens is 204 g/mol. The molecule has 0 bridgehead atoms. The molecular formula is C10H11F2NS. The largest absolute Gasteiger partial charge is 0.324 e. The molecule has 0 unspecified atom stereocenters. The highest BCUT2D eigenvalue weighted by Gasteiger charge is 2.20. The molecule has 0 saturated carbocycles. The predicted octanol–water partition coefficient (Wildman–Crippen LogP) is 2.60. The first kappa shape index (κ1) is 9.93. The second-order valence-corrected chi connectivity index (χ2v) is 4.51. The van der Waals surface area contributed by atoms with Crippen LogP contribution in [-0.2, 0) is 5.75 Å². The molecule has 0 amide bonds. The van der Waals surface area contributed by atoms with E-state index in [0.717, 1.165) is 18.2 Å². The highest BCUT2D eigenvalue weighted by molar-refractivity contribution is 7.98. The van der Waals surface area contributed by atoms with Crippen molar-refractivity contribution in [1.82, 2.24) is 0 Å². The SMILES string of the molecule is N[C@@H]1CCSCc2cc(F)cc(F)c21. The Kier molecular flexibility index (Phi) is 2.74. The number of hydrogen-bond donors (Lipinski definition) is 1. The smallest absolute Gasteiger partial charge is 0.131 e. The lowest BCUT2D eigenvalue weighted by Gasteiger charge is -2.12. The van der Waals surface area contributed by atoms with Crippen molar-refractivity contribution in [2.45, 2.75) is 18.2 Å². The molecule has 1 nitrogen and oxygen atoms in total. The molecule has 76 valence electrons. The molecule has 1 atom stereocenters. The van der Waals surface area contributed by atoms with Crippen LogP contribution >= 0.6 is 11.8 Å². The molecule has 1 aliphatic heterocycles. The highest BCUT2D eigenvalue weighted by atomic mass is 32.2. The number of rotatable bonds is 0. The zero-order chi connectivity index (χ0) is 10.1. The minimum absolute atomic E-state index is 0.291. The number of benzene rings is 1. The van der Waals surface area contributed by atoms with Gasteiger partial charge in [0.25, 0.3) is 0 Å². The normalized spacial score (nSPS) is 21.5. The number of thioether (sulfide) groups is 1. The summed E-state index contributed by atoms with van der Waals surface area (Å²) in [7, 11) is 0. The Morgan fingerprint density at radius 2 is 2.14 bits per heavy atom. The van der Waals surface area contributed by atoms with Gasteiger partial charge < -0.3 is 5.73 Å². The van der Waals surface area contributed by atoms with Gasteiger partial charge in [-0.15, -0.1) is 0 Å². The fraction of sp³-hybridized carbons (Fsp3) is 0.400. The summed E-state index contributed by atoms with van der Waals surface area (Å²) in [5.41, 5.74) is 7.02. The standard InChI is InChI=1S/C10H11F2NS/c11-7-3-6-5-14-2-1-9(13)10(6)8(12)4-7/h3-4,9H,1-2,5,13H2/t9-/m1/s1. The van der Waals surface area contributed by atoms with Crippen LogP contribution in [-0.4, -0.2) is 5.75 Å². The van der Waals surface area contributed by atoms with Crippen molar-refractivity contribution in [2.75, 3.05) is 5.75 Å². The maximum Gasteiger partial charge on any atom is 0.131 e. The summed E-state index contributed by atoms with van der Waals surface area (Å²) >= 11 is 1.67. The number of hydrogen-bond acceptors (Lipinski definition) is 2. The van der Waals surface area contributed by atoms with E-state index < -0.39 is 11.6 Å². The van der Waals surface area contributed by atoms with Crippen molar-refractivity contribution >= 4 is 11.8 Å². The summed E-state index contributed by atoms with van der Waals surface area (Å²) in [5, 5.41) is 0. The van der Waals surface area contributed by atoms with Crippen LogP contribution in [0.1, 0.15) is 23.6 Å². The number of fused-ring (bicyclic) bond motifs is 1. The van der Waals surface area contributed by atoms with Gasteiger partial charge in [0.15, 0.2) is 0 Å². The Balaban J connectivity index is 2.53. The van der Waals surface area contributed by atoms with Gasteiger partial charge in [-0.2, -0.15) is 11.8 Å². The topological polar surface area (TPSA) is 26.0 Å². The van der Waals surface area contributed by atoms with E-state index in [9.17, 15) is 8.78 Å². The lowest BCUT2D eigenvalue weighted by molar-refractivity contribution is 0.549. The third kappa shape index (κ3) is 1.77. The van der Waals surface area contributed by atoms with Crippen LogP contribution in [0.3, 0.4) is 0 Å². The van der Waals surface area contributed by atoms with Gasteiger partial charge in [-0.1, -0.05) is 0 Å². The van der Waals surface area contributed by atoms with E-state index in [1.165, 1.54) is 6.07 Å². The molecule has 0 radical (unpaired) electrons. The first-order chi connectivity index (χ1) is 6.68. The Morgan fingerprint density at radius 3 is 2.93 bits per heavy atom. The van der Waals surface area contributed by atoms with Crippen LogP contribution in [0.4, 0.5) is 8.78 Å². The monoisotopic (exact) mass is 215 g/mol. The van der Waals surface area contributed by atoms with E-state index in [0.29, 0.717) is 16.9 Å². The maximum atomic E-state index is 13.4. The molecule has 0 saturated heterocycles. The number of nitrogens with two attached hydrogens (primary N) is 1. The van der Waals surface area contributed by atoms with E-state index in [2.05, 4.69) is 0 Å². The van der Waals surface area contributed by atoms with Crippen LogP contribution < -0.4 is 5.73 Å². The lowest BCUT2D eigenvalue weighted by atomic mass is 9.99. The Labute approximate surface area is 85.7 Å². The molecule has 1 heterocycles. The van der Waals surface area contributed by atoms with Crippen LogP contribution in [0.2, 0.25) is 0 Å². The summed E-state index contributed by atoms with van der Waals surface area (Å²) < 4.78 is 26.4. The van der Waals surface area contributed by atoms with Crippen molar-refractivity contribution < 1.29 is 8.78 Å². The van der Waals surface area contributed by atoms with E-state index in [-0.39, 0.29) is 6.04 Å². The van der Waals surface area contributed by atoms with E-state index in [4.69, 9.17) is 5.73 Å². The van der Waals surface area contributed by atoms with Gasteiger partial charge in [0.1, 0.15) is 11.6 Å². The van der Waals surface area contributed by atoms with Crippen molar-refractivity contribution in [3.05, 3.63) is 34.9 Å². The van der Waals surface area contributed by atoms with E-state index >= 15 is 0 Å². The van der Waals surface area contributed by atoms with Crippen LogP contribution in [0.25, 0.3) is 0 Å². The number of halogens is 2. The molecule has 1 aromatic rings. The van der Waals surface area contributed by atoms with E-state index in [1.807, 2.05) is 0 Å². The molecule has 0 aliphatic carbocycles. The summed E-state index contributed by atoms with van der Waals surface area (Å²) in [4.78, 5) is 0. The second-order valence-electron chi connectivity index (χ2n) is 3.41. The van der Waals surface area contributed by atoms with Crippen LogP contribution in [0, 0.1) is 11.6 Å². The second kappa shape index (κ2) is 3.87. The summed E-state index contributed by atoms with van der Waals surface area (Å²) in [5.74, 6) is 0.528. The van der Waals surface area contributed by atoms with Crippen molar-refractivity contribution in [1.29, 1.82) is 0 Å². The summed E-state index contributed by atoms with van der Waals surface area (Å²) in [6.45, 7) is 0. The van der Waals surface area contributed by atoms with Gasteiger partial charge in [0.2, 0.25) is 0 Å². The van der Waals surface area contributed by atoms with Crippen molar-refractivity contribution in [3.63, 3.8) is 0 Å². The zero-order valence-corrected chi connectivity index (χ0v) is 8.41.